The second kappa shape index (κ2) is 5.08. The Balaban J connectivity index is 1.61. The van der Waals surface area contributed by atoms with Gasteiger partial charge in [0.25, 0.3) is 0 Å². The van der Waals surface area contributed by atoms with Crippen LogP contribution in [0, 0.1) is 23.2 Å². The molecule has 0 unspecified atom stereocenters. The Morgan fingerprint density at radius 2 is 1.68 bits per heavy atom. The van der Waals surface area contributed by atoms with Crippen molar-refractivity contribution in [2.24, 2.45) is 28.9 Å². The molecule has 4 saturated carbocycles. The van der Waals surface area contributed by atoms with Crippen molar-refractivity contribution in [3.63, 3.8) is 0 Å². The Hall–Kier alpha value is -0.570. The third kappa shape index (κ3) is 2.67. The molecule has 0 atom stereocenters. The van der Waals surface area contributed by atoms with Crippen LogP contribution < -0.4 is 5.73 Å². The Morgan fingerprint density at radius 1 is 1.16 bits per heavy atom. The van der Waals surface area contributed by atoms with Gasteiger partial charge in [-0.15, -0.1) is 0 Å². The maximum Gasteiger partial charge on any atom is 0.222 e. The lowest BCUT2D eigenvalue weighted by Crippen LogP contribution is -2.51. The maximum absolute atomic E-state index is 12.1. The predicted molar refractivity (Wildman–Crippen MR) is 76.5 cm³/mol. The van der Waals surface area contributed by atoms with E-state index in [1.165, 1.54) is 38.5 Å². The predicted octanol–water partition coefficient (Wildman–Crippen LogP) is 2.40. The van der Waals surface area contributed by atoms with Gasteiger partial charge in [0, 0.05) is 20.0 Å². The van der Waals surface area contributed by atoms with Crippen LogP contribution >= 0.6 is 0 Å². The van der Waals surface area contributed by atoms with Crippen molar-refractivity contribution in [2.75, 3.05) is 20.1 Å². The van der Waals surface area contributed by atoms with Gasteiger partial charge in [-0.25, -0.2) is 0 Å². The molecular formula is C16H28N2O. The third-order valence-corrected chi connectivity index (χ3v) is 5.76. The van der Waals surface area contributed by atoms with Gasteiger partial charge in [0.2, 0.25) is 5.91 Å². The van der Waals surface area contributed by atoms with E-state index in [1.807, 2.05) is 11.9 Å². The number of hydrogen-bond donors (Lipinski definition) is 1. The first-order chi connectivity index (χ1) is 9.10. The average molecular weight is 264 g/mol. The molecule has 1 amide bonds. The summed E-state index contributed by atoms with van der Waals surface area (Å²) in [5, 5.41) is 0. The largest absolute Gasteiger partial charge is 0.345 e. The SMILES string of the molecule is CN(CC12CC3CC(CC(C3)C1)C2)C(=O)CCCN. The summed E-state index contributed by atoms with van der Waals surface area (Å²) in [5.74, 6) is 3.21. The minimum absolute atomic E-state index is 0.293. The Morgan fingerprint density at radius 3 is 2.16 bits per heavy atom. The van der Waals surface area contributed by atoms with Gasteiger partial charge in [0.15, 0.2) is 0 Å². The van der Waals surface area contributed by atoms with Crippen molar-refractivity contribution in [2.45, 2.75) is 51.4 Å². The van der Waals surface area contributed by atoms with Crippen LogP contribution in [0.3, 0.4) is 0 Å². The highest BCUT2D eigenvalue weighted by Crippen LogP contribution is 2.60. The van der Waals surface area contributed by atoms with Crippen molar-refractivity contribution in [1.29, 1.82) is 0 Å². The molecule has 0 aliphatic heterocycles. The summed E-state index contributed by atoms with van der Waals surface area (Å²) in [6, 6.07) is 0. The number of nitrogens with two attached hydrogens (primary N) is 1. The van der Waals surface area contributed by atoms with Crippen molar-refractivity contribution in [3.8, 4) is 0 Å². The summed E-state index contributed by atoms with van der Waals surface area (Å²) < 4.78 is 0. The highest BCUT2D eigenvalue weighted by Gasteiger charge is 2.51. The monoisotopic (exact) mass is 264 g/mol. The molecule has 0 aromatic carbocycles. The van der Waals surface area contributed by atoms with Gasteiger partial charge < -0.3 is 10.6 Å². The van der Waals surface area contributed by atoms with Gasteiger partial charge >= 0.3 is 0 Å². The van der Waals surface area contributed by atoms with E-state index >= 15 is 0 Å². The zero-order chi connectivity index (χ0) is 13.5. The zero-order valence-electron chi connectivity index (χ0n) is 12.2. The smallest absolute Gasteiger partial charge is 0.222 e. The van der Waals surface area contributed by atoms with Crippen LogP contribution in [0.1, 0.15) is 51.4 Å². The van der Waals surface area contributed by atoms with Gasteiger partial charge in [-0.2, -0.15) is 0 Å². The van der Waals surface area contributed by atoms with Crippen molar-refractivity contribution < 1.29 is 4.79 Å². The van der Waals surface area contributed by atoms with Crippen LogP contribution in [0.25, 0.3) is 0 Å². The van der Waals surface area contributed by atoms with E-state index in [4.69, 9.17) is 5.73 Å². The molecule has 3 nitrogen and oxygen atoms in total. The van der Waals surface area contributed by atoms with E-state index in [0.717, 1.165) is 30.7 Å². The minimum atomic E-state index is 0.293. The van der Waals surface area contributed by atoms with Crippen molar-refractivity contribution >= 4 is 5.91 Å². The first-order valence-electron chi connectivity index (χ1n) is 8.04. The second-order valence-electron chi connectivity index (χ2n) is 7.56. The first-order valence-corrected chi connectivity index (χ1v) is 8.04. The first kappa shape index (κ1) is 13.4. The molecule has 0 heterocycles. The van der Waals surface area contributed by atoms with Gasteiger partial charge in [-0.05, 0) is 74.7 Å². The Kier molecular flexibility index (Phi) is 3.59. The lowest BCUT2D eigenvalue weighted by Gasteiger charge is -2.57. The van der Waals surface area contributed by atoms with E-state index in [1.54, 1.807) is 0 Å². The van der Waals surface area contributed by atoms with Gasteiger partial charge in [0.1, 0.15) is 0 Å². The molecular weight excluding hydrogens is 236 g/mol. The van der Waals surface area contributed by atoms with Gasteiger partial charge in [0.05, 0.1) is 0 Å². The summed E-state index contributed by atoms with van der Waals surface area (Å²) >= 11 is 0. The third-order valence-electron chi connectivity index (χ3n) is 5.76. The summed E-state index contributed by atoms with van der Waals surface area (Å²) in [6.07, 6.45) is 10.0. The van der Waals surface area contributed by atoms with E-state index in [2.05, 4.69) is 0 Å². The van der Waals surface area contributed by atoms with Crippen LogP contribution in [-0.2, 0) is 4.79 Å². The van der Waals surface area contributed by atoms with Crippen LogP contribution in [0.4, 0.5) is 0 Å². The average Bonchev–Trinajstić information content (AvgIpc) is 2.33. The molecule has 4 aliphatic carbocycles. The normalized spacial score (nSPS) is 39.6. The fourth-order valence-electron chi connectivity index (χ4n) is 5.52. The summed E-state index contributed by atoms with van der Waals surface area (Å²) in [7, 11) is 2.00. The fourth-order valence-corrected chi connectivity index (χ4v) is 5.52. The summed E-state index contributed by atoms with van der Waals surface area (Å²) in [4.78, 5) is 14.1. The molecule has 0 radical (unpaired) electrons. The molecule has 4 bridgehead atoms. The second-order valence-corrected chi connectivity index (χ2v) is 7.56. The number of carbonyl (C=O) groups excluding carboxylic acids is 1. The molecule has 0 saturated heterocycles. The molecule has 108 valence electrons. The zero-order valence-corrected chi connectivity index (χ0v) is 12.2. The molecule has 4 fully saturated rings. The van der Waals surface area contributed by atoms with E-state index in [9.17, 15) is 4.79 Å². The number of amides is 1. The topological polar surface area (TPSA) is 46.3 Å². The number of rotatable bonds is 5. The Bertz CT molecular complexity index is 317. The van der Waals surface area contributed by atoms with Crippen molar-refractivity contribution in [3.05, 3.63) is 0 Å². The molecule has 19 heavy (non-hydrogen) atoms. The van der Waals surface area contributed by atoms with Gasteiger partial charge in [-0.1, -0.05) is 0 Å². The van der Waals surface area contributed by atoms with Crippen LogP contribution in [0.15, 0.2) is 0 Å². The van der Waals surface area contributed by atoms with Crippen LogP contribution in [-0.4, -0.2) is 30.9 Å². The van der Waals surface area contributed by atoms with E-state index in [-0.39, 0.29) is 0 Å². The quantitative estimate of drug-likeness (QED) is 0.829. The lowest BCUT2D eigenvalue weighted by molar-refractivity contribution is -0.135. The summed E-state index contributed by atoms with van der Waals surface area (Å²) in [6.45, 7) is 1.62. The van der Waals surface area contributed by atoms with E-state index in [0.29, 0.717) is 24.3 Å². The molecule has 0 aromatic heterocycles. The highest BCUT2D eigenvalue weighted by molar-refractivity contribution is 5.75. The van der Waals surface area contributed by atoms with Crippen molar-refractivity contribution in [1.82, 2.24) is 4.90 Å². The Labute approximate surface area is 116 Å². The maximum atomic E-state index is 12.1. The number of hydrogen-bond acceptors (Lipinski definition) is 2. The minimum Gasteiger partial charge on any atom is -0.345 e. The number of nitrogens with zero attached hydrogens (tertiary/aromatic N) is 1. The van der Waals surface area contributed by atoms with Crippen LogP contribution in [0.2, 0.25) is 0 Å². The fraction of sp³-hybridized carbons (Fsp3) is 0.938. The van der Waals surface area contributed by atoms with Gasteiger partial charge in [-0.3, -0.25) is 4.79 Å². The lowest BCUT2D eigenvalue weighted by atomic mass is 9.49. The highest BCUT2D eigenvalue weighted by atomic mass is 16.2. The molecule has 4 rings (SSSR count). The molecule has 0 aromatic rings. The van der Waals surface area contributed by atoms with Crippen LogP contribution in [0.5, 0.6) is 0 Å². The molecule has 2 N–H and O–H groups in total. The van der Waals surface area contributed by atoms with E-state index < -0.39 is 0 Å². The molecule has 3 heteroatoms. The molecule has 4 aliphatic rings. The standard InChI is InChI=1S/C16H28N2O/c1-18(15(19)3-2-4-17)11-16-8-12-5-13(9-16)7-14(6-12)10-16/h12-14H,2-11,17H2,1H3. The molecule has 0 spiro atoms. The number of carbonyl (C=O) groups is 1. The summed E-state index contributed by atoms with van der Waals surface area (Å²) in [5.41, 5.74) is 5.97.